The lowest BCUT2D eigenvalue weighted by atomic mass is 9.81. The molecule has 3 rings (SSSR count). The molecule has 0 saturated carbocycles. The van der Waals surface area contributed by atoms with Gasteiger partial charge in [-0.05, 0) is 41.0 Å². The first-order valence-corrected chi connectivity index (χ1v) is 8.16. The van der Waals surface area contributed by atoms with Gasteiger partial charge in [0.1, 0.15) is 11.4 Å². The van der Waals surface area contributed by atoms with E-state index in [-0.39, 0.29) is 0 Å². The highest BCUT2D eigenvalue weighted by molar-refractivity contribution is 6.30. The van der Waals surface area contributed by atoms with E-state index >= 15 is 0 Å². The highest BCUT2D eigenvalue weighted by Crippen LogP contribution is 2.34. The molecule has 0 amide bonds. The van der Waals surface area contributed by atoms with E-state index in [1.165, 1.54) is 0 Å². The Morgan fingerprint density at radius 1 is 0.833 bits per heavy atom. The Hall–Kier alpha value is -2.29. The number of halogens is 1. The molecule has 3 aromatic rings. The molecule has 1 unspecified atom stereocenters. The summed E-state index contributed by atoms with van der Waals surface area (Å²) in [6, 6.07) is 24.8. The quantitative estimate of drug-likeness (QED) is 0.722. The van der Waals surface area contributed by atoms with Gasteiger partial charge in [-0.3, -0.25) is 0 Å². The van der Waals surface area contributed by atoms with Gasteiger partial charge >= 0.3 is 0 Å². The van der Waals surface area contributed by atoms with Gasteiger partial charge in [-0.1, -0.05) is 66.2 Å². The molecular weight excluding hydrogens is 320 g/mol. The fourth-order valence-electron chi connectivity index (χ4n) is 2.85. The summed E-state index contributed by atoms with van der Waals surface area (Å²) < 4.78 is 5.22. The van der Waals surface area contributed by atoms with Crippen molar-refractivity contribution < 1.29 is 9.84 Å². The minimum Gasteiger partial charge on any atom is -0.497 e. The number of aliphatic hydroxyl groups is 1. The van der Waals surface area contributed by atoms with E-state index in [1.54, 1.807) is 7.11 Å². The molecule has 1 N–H and O–H groups in total. The predicted octanol–water partition coefficient (Wildman–Crippen LogP) is 4.83. The van der Waals surface area contributed by atoms with Crippen LogP contribution in [0.25, 0.3) is 0 Å². The smallest absolute Gasteiger partial charge is 0.119 e. The van der Waals surface area contributed by atoms with Crippen molar-refractivity contribution in [2.24, 2.45) is 0 Å². The lowest BCUT2D eigenvalue weighted by Gasteiger charge is -2.30. The summed E-state index contributed by atoms with van der Waals surface area (Å²) in [4.78, 5) is 0. The van der Waals surface area contributed by atoms with Gasteiger partial charge in [0.15, 0.2) is 0 Å². The molecule has 0 aromatic heterocycles. The highest BCUT2D eigenvalue weighted by Gasteiger charge is 2.31. The van der Waals surface area contributed by atoms with Crippen molar-refractivity contribution in [1.82, 2.24) is 0 Å². The Labute approximate surface area is 147 Å². The Balaban J connectivity index is 2.04. The largest absolute Gasteiger partial charge is 0.497 e. The van der Waals surface area contributed by atoms with Crippen LogP contribution in [0.4, 0.5) is 0 Å². The summed E-state index contributed by atoms with van der Waals surface area (Å²) in [5.41, 5.74) is 1.57. The van der Waals surface area contributed by atoms with Crippen LogP contribution in [0.1, 0.15) is 16.7 Å². The fraction of sp³-hybridized carbons (Fsp3) is 0.143. The summed E-state index contributed by atoms with van der Waals surface area (Å²) in [6.07, 6.45) is 0.459. The standard InChI is InChI=1S/C21H19ClO2/c1-24-20-13-9-18(10-14-20)21(23,17-5-3-2-4-6-17)15-16-7-11-19(22)12-8-16/h2-14,23H,15H2,1H3. The third-order valence-electron chi connectivity index (χ3n) is 4.19. The number of ether oxygens (including phenoxy) is 1. The second-order valence-electron chi connectivity index (χ2n) is 5.76. The summed E-state index contributed by atoms with van der Waals surface area (Å²) in [5.74, 6) is 0.764. The summed E-state index contributed by atoms with van der Waals surface area (Å²) in [6.45, 7) is 0. The Bertz CT molecular complexity index is 782. The molecule has 122 valence electrons. The monoisotopic (exact) mass is 338 g/mol. The molecule has 0 aliphatic rings. The molecule has 0 aliphatic heterocycles. The molecule has 0 saturated heterocycles. The zero-order chi connectivity index (χ0) is 17.0. The van der Waals surface area contributed by atoms with E-state index in [1.807, 2.05) is 78.9 Å². The average molecular weight is 339 g/mol. The molecule has 0 fully saturated rings. The number of hydrogen-bond donors (Lipinski definition) is 1. The van der Waals surface area contributed by atoms with Crippen LogP contribution in [-0.2, 0) is 12.0 Å². The minimum atomic E-state index is -1.12. The molecule has 3 aromatic carbocycles. The van der Waals surface area contributed by atoms with Gasteiger partial charge in [0.2, 0.25) is 0 Å². The summed E-state index contributed by atoms with van der Waals surface area (Å²) in [7, 11) is 1.63. The van der Waals surface area contributed by atoms with Crippen LogP contribution in [0.2, 0.25) is 5.02 Å². The Morgan fingerprint density at radius 2 is 1.42 bits per heavy atom. The second kappa shape index (κ2) is 7.08. The van der Waals surface area contributed by atoms with Crippen LogP contribution < -0.4 is 4.74 Å². The third kappa shape index (κ3) is 3.45. The van der Waals surface area contributed by atoms with Gasteiger partial charge < -0.3 is 9.84 Å². The topological polar surface area (TPSA) is 29.5 Å². The predicted molar refractivity (Wildman–Crippen MR) is 97.6 cm³/mol. The number of methoxy groups -OCH3 is 1. The van der Waals surface area contributed by atoms with E-state index in [0.717, 1.165) is 22.4 Å². The summed E-state index contributed by atoms with van der Waals surface area (Å²) >= 11 is 5.97. The molecule has 3 heteroatoms. The maximum atomic E-state index is 11.6. The van der Waals surface area contributed by atoms with E-state index in [2.05, 4.69) is 0 Å². The zero-order valence-electron chi connectivity index (χ0n) is 13.4. The van der Waals surface area contributed by atoms with Crippen molar-refractivity contribution in [3.63, 3.8) is 0 Å². The number of rotatable bonds is 5. The Kier molecular flexibility index (Phi) is 4.89. The lowest BCUT2D eigenvalue weighted by Crippen LogP contribution is -2.30. The van der Waals surface area contributed by atoms with Crippen molar-refractivity contribution in [1.29, 1.82) is 0 Å². The van der Waals surface area contributed by atoms with Crippen molar-refractivity contribution in [3.8, 4) is 5.75 Å². The van der Waals surface area contributed by atoms with E-state index in [0.29, 0.717) is 11.4 Å². The Morgan fingerprint density at radius 3 is 2.00 bits per heavy atom. The van der Waals surface area contributed by atoms with Crippen LogP contribution in [0.5, 0.6) is 5.75 Å². The van der Waals surface area contributed by atoms with Gasteiger partial charge in [-0.2, -0.15) is 0 Å². The average Bonchev–Trinajstić information content (AvgIpc) is 2.64. The van der Waals surface area contributed by atoms with Crippen LogP contribution in [0.3, 0.4) is 0 Å². The minimum absolute atomic E-state index is 0.459. The number of hydrogen-bond acceptors (Lipinski definition) is 2. The fourth-order valence-corrected chi connectivity index (χ4v) is 2.98. The molecule has 0 spiro atoms. The molecule has 0 aliphatic carbocycles. The molecule has 0 radical (unpaired) electrons. The summed E-state index contributed by atoms with van der Waals surface area (Å²) in [5, 5.41) is 12.3. The highest BCUT2D eigenvalue weighted by atomic mass is 35.5. The molecule has 1 atom stereocenters. The van der Waals surface area contributed by atoms with Crippen LogP contribution in [0, 0.1) is 0 Å². The zero-order valence-corrected chi connectivity index (χ0v) is 14.2. The molecular formula is C21H19ClO2. The third-order valence-corrected chi connectivity index (χ3v) is 4.44. The second-order valence-corrected chi connectivity index (χ2v) is 6.19. The van der Waals surface area contributed by atoms with Gasteiger partial charge in [-0.25, -0.2) is 0 Å². The van der Waals surface area contributed by atoms with Gasteiger partial charge in [0.25, 0.3) is 0 Å². The van der Waals surface area contributed by atoms with Gasteiger partial charge in [-0.15, -0.1) is 0 Å². The molecule has 0 bridgehead atoms. The lowest BCUT2D eigenvalue weighted by molar-refractivity contribution is 0.0811. The van der Waals surface area contributed by atoms with Crippen LogP contribution >= 0.6 is 11.6 Å². The molecule has 24 heavy (non-hydrogen) atoms. The van der Waals surface area contributed by atoms with Gasteiger partial charge in [0, 0.05) is 11.4 Å². The van der Waals surface area contributed by atoms with Crippen LogP contribution in [0.15, 0.2) is 78.9 Å². The van der Waals surface area contributed by atoms with E-state index < -0.39 is 5.60 Å². The first-order valence-electron chi connectivity index (χ1n) is 7.79. The van der Waals surface area contributed by atoms with Crippen molar-refractivity contribution in [3.05, 3.63) is 101 Å². The first kappa shape index (κ1) is 16.6. The van der Waals surface area contributed by atoms with Crippen molar-refractivity contribution in [2.45, 2.75) is 12.0 Å². The number of benzene rings is 3. The maximum Gasteiger partial charge on any atom is 0.119 e. The van der Waals surface area contributed by atoms with Crippen LogP contribution in [-0.4, -0.2) is 12.2 Å². The molecule has 0 heterocycles. The normalized spacial score (nSPS) is 13.3. The maximum absolute atomic E-state index is 11.6. The van der Waals surface area contributed by atoms with Crippen molar-refractivity contribution in [2.75, 3.05) is 7.11 Å². The molecule has 2 nitrogen and oxygen atoms in total. The van der Waals surface area contributed by atoms with Gasteiger partial charge in [0.05, 0.1) is 7.11 Å². The SMILES string of the molecule is COc1ccc(C(O)(Cc2ccc(Cl)cc2)c2ccccc2)cc1. The van der Waals surface area contributed by atoms with E-state index in [9.17, 15) is 5.11 Å². The van der Waals surface area contributed by atoms with E-state index in [4.69, 9.17) is 16.3 Å². The first-order chi connectivity index (χ1) is 11.6. The van der Waals surface area contributed by atoms with Crippen molar-refractivity contribution >= 4 is 11.6 Å².